The van der Waals surface area contributed by atoms with E-state index < -0.39 is 0 Å². The molecule has 148 valence electrons. The van der Waals surface area contributed by atoms with Crippen LogP contribution in [0.25, 0.3) is 28.0 Å². The Hall–Kier alpha value is -2.94. The quantitative estimate of drug-likeness (QED) is 0.404. The lowest BCUT2D eigenvalue weighted by Gasteiger charge is -2.19. The summed E-state index contributed by atoms with van der Waals surface area (Å²) < 4.78 is 2.73. The molecule has 4 heterocycles. The minimum Gasteiger partial charge on any atom is -0.388 e. The largest absolute Gasteiger partial charge is 0.388 e. The van der Waals surface area contributed by atoms with Crippen LogP contribution < -0.4 is 11.1 Å². The van der Waals surface area contributed by atoms with E-state index in [1.165, 1.54) is 5.57 Å². The van der Waals surface area contributed by atoms with Crippen LogP contribution in [0, 0.1) is 3.57 Å². The van der Waals surface area contributed by atoms with Gasteiger partial charge in [-0.1, -0.05) is 36.4 Å². The zero-order valence-corrected chi connectivity index (χ0v) is 18.2. The van der Waals surface area contributed by atoms with Crippen LogP contribution in [0.15, 0.2) is 66.6 Å². The van der Waals surface area contributed by atoms with Crippen molar-refractivity contribution in [1.82, 2.24) is 24.9 Å². The van der Waals surface area contributed by atoms with Gasteiger partial charge < -0.3 is 11.1 Å². The molecule has 0 spiro atoms. The van der Waals surface area contributed by atoms with E-state index in [4.69, 9.17) is 10.7 Å². The van der Waals surface area contributed by atoms with E-state index in [9.17, 15) is 0 Å². The Labute approximate surface area is 187 Å². The van der Waals surface area contributed by atoms with Gasteiger partial charge in [-0.05, 0) is 53.3 Å². The van der Waals surface area contributed by atoms with E-state index in [0.717, 1.165) is 50.1 Å². The van der Waals surface area contributed by atoms with Crippen molar-refractivity contribution in [3.8, 4) is 22.4 Å². The number of nitrogens with zero attached hydrogens (tertiary/aromatic N) is 4. The smallest absolute Gasteiger partial charge is 0.165 e. The van der Waals surface area contributed by atoms with Gasteiger partial charge in [-0.3, -0.25) is 4.98 Å². The van der Waals surface area contributed by atoms with Crippen molar-refractivity contribution in [1.29, 1.82) is 0 Å². The van der Waals surface area contributed by atoms with Crippen LogP contribution in [0.4, 0.5) is 5.82 Å². The number of fused-ring (bicyclic) bond motifs is 3. The van der Waals surface area contributed by atoms with Gasteiger partial charge in [-0.15, -0.1) is 0 Å². The first kappa shape index (κ1) is 17.9. The third-order valence-corrected chi connectivity index (χ3v) is 7.18. The average Bonchev–Trinajstić information content (AvgIpc) is 3.52. The van der Waals surface area contributed by atoms with Gasteiger partial charge in [0.05, 0.1) is 21.2 Å². The molecule has 1 saturated carbocycles. The Morgan fingerprint density at radius 2 is 1.93 bits per heavy atom. The summed E-state index contributed by atoms with van der Waals surface area (Å²) in [7, 11) is 0. The summed E-state index contributed by atoms with van der Waals surface area (Å²) in [4.78, 5) is 9.74. The lowest BCUT2D eigenvalue weighted by atomic mass is 9.97. The average molecular weight is 506 g/mol. The molecule has 2 aliphatic rings. The SMILES string of the molecule is Nc1c(I)c(C2C[C@H]3CC2=CN3)nc2c(-c3ccc(-c4ccccc4)nc3)cnn12. The molecule has 1 aliphatic heterocycles. The summed E-state index contributed by atoms with van der Waals surface area (Å²) in [6, 6.07) is 14.8. The molecule has 0 radical (unpaired) electrons. The molecule has 1 aliphatic carbocycles. The highest BCUT2D eigenvalue weighted by Crippen LogP contribution is 2.44. The van der Waals surface area contributed by atoms with E-state index in [1.807, 2.05) is 36.7 Å². The summed E-state index contributed by atoms with van der Waals surface area (Å²) in [6.07, 6.45) is 8.05. The van der Waals surface area contributed by atoms with E-state index >= 15 is 0 Å². The van der Waals surface area contributed by atoms with Crippen molar-refractivity contribution >= 4 is 34.1 Å². The van der Waals surface area contributed by atoms with Crippen LogP contribution in [0.3, 0.4) is 0 Å². The second-order valence-electron chi connectivity index (χ2n) is 7.86. The Morgan fingerprint density at radius 1 is 1.07 bits per heavy atom. The third-order valence-electron chi connectivity index (χ3n) is 6.08. The minimum absolute atomic E-state index is 0.330. The van der Waals surface area contributed by atoms with Gasteiger partial charge in [0.2, 0.25) is 0 Å². The van der Waals surface area contributed by atoms with Crippen LogP contribution in [0.2, 0.25) is 0 Å². The minimum atomic E-state index is 0.330. The monoisotopic (exact) mass is 506 g/mol. The fraction of sp³-hybridized carbons (Fsp3) is 0.174. The number of nitrogen functional groups attached to an aromatic ring is 1. The number of pyridine rings is 1. The van der Waals surface area contributed by atoms with E-state index in [-0.39, 0.29) is 0 Å². The maximum atomic E-state index is 6.48. The van der Waals surface area contributed by atoms with Gasteiger partial charge in [-0.25, -0.2) is 4.98 Å². The van der Waals surface area contributed by atoms with Gasteiger partial charge >= 0.3 is 0 Å². The zero-order chi connectivity index (χ0) is 20.2. The number of rotatable bonds is 3. The number of halogens is 1. The summed E-state index contributed by atoms with van der Waals surface area (Å²) >= 11 is 2.31. The van der Waals surface area contributed by atoms with Gasteiger partial charge in [0, 0.05) is 34.8 Å². The fourth-order valence-corrected chi connectivity index (χ4v) is 5.25. The number of nitrogens with two attached hydrogens (primary N) is 1. The van der Waals surface area contributed by atoms with Crippen molar-refractivity contribution in [3.63, 3.8) is 0 Å². The molecule has 0 amide bonds. The van der Waals surface area contributed by atoms with E-state index in [0.29, 0.717) is 17.8 Å². The van der Waals surface area contributed by atoms with Gasteiger partial charge in [0.1, 0.15) is 5.82 Å². The van der Waals surface area contributed by atoms with Gasteiger partial charge in [0.15, 0.2) is 5.65 Å². The fourth-order valence-electron chi connectivity index (χ4n) is 4.53. The zero-order valence-electron chi connectivity index (χ0n) is 16.1. The lowest BCUT2D eigenvalue weighted by Crippen LogP contribution is -2.21. The summed E-state index contributed by atoms with van der Waals surface area (Å²) in [5.41, 5.74) is 13.7. The molecular formula is C23H19IN6. The molecule has 1 unspecified atom stereocenters. The van der Waals surface area contributed by atoms with E-state index in [2.05, 4.69) is 62.4 Å². The van der Waals surface area contributed by atoms with Crippen molar-refractivity contribution < 1.29 is 0 Å². The van der Waals surface area contributed by atoms with E-state index in [1.54, 1.807) is 4.52 Å². The van der Waals surface area contributed by atoms with Crippen molar-refractivity contribution in [2.45, 2.75) is 24.8 Å². The summed E-state index contributed by atoms with van der Waals surface area (Å²) in [5.74, 6) is 0.976. The lowest BCUT2D eigenvalue weighted by molar-refractivity contribution is 0.586. The highest BCUT2D eigenvalue weighted by Gasteiger charge is 2.36. The molecule has 2 bridgehead atoms. The molecule has 1 aromatic carbocycles. The molecule has 3 N–H and O–H groups in total. The first-order valence-electron chi connectivity index (χ1n) is 9.98. The number of hydrogen-bond acceptors (Lipinski definition) is 5. The molecule has 3 aromatic heterocycles. The maximum Gasteiger partial charge on any atom is 0.165 e. The van der Waals surface area contributed by atoms with Crippen molar-refractivity contribution in [3.05, 3.63) is 75.9 Å². The predicted octanol–water partition coefficient (Wildman–Crippen LogP) is 4.38. The Balaban J connectivity index is 1.45. The molecule has 7 heteroatoms. The molecule has 0 saturated heterocycles. The van der Waals surface area contributed by atoms with Crippen LogP contribution in [0.1, 0.15) is 24.5 Å². The van der Waals surface area contributed by atoms with Crippen LogP contribution in [0.5, 0.6) is 0 Å². The molecule has 6 rings (SSSR count). The molecular weight excluding hydrogens is 487 g/mol. The Bertz CT molecular complexity index is 1290. The van der Waals surface area contributed by atoms with Crippen molar-refractivity contribution in [2.24, 2.45) is 0 Å². The number of benzene rings is 1. The molecule has 4 aromatic rings. The van der Waals surface area contributed by atoms with Crippen LogP contribution >= 0.6 is 22.6 Å². The second kappa shape index (κ2) is 6.80. The molecule has 30 heavy (non-hydrogen) atoms. The standard InChI is InChI=1S/C23H19IN6/c24-20-21(17-9-16-8-15(17)11-26-16)29-23-18(12-28-30(23)22(20)25)14-6-7-19(27-10-14)13-4-2-1-3-5-13/h1-7,10-12,16-17,26H,8-9,25H2/t16-,17?/m1/s1. The summed E-state index contributed by atoms with van der Waals surface area (Å²) in [5, 5.41) is 7.95. The number of hydrogen-bond donors (Lipinski definition) is 2. The first-order chi connectivity index (χ1) is 14.7. The number of aromatic nitrogens is 4. The molecule has 1 fully saturated rings. The maximum absolute atomic E-state index is 6.48. The normalized spacial score (nSPS) is 19.8. The molecule has 2 atom stereocenters. The van der Waals surface area contributed by atoms with Crippen molar-refractivity contribution in [2.75, 3.05) is 5.73 Å². The topological polar surface area (TPSA) is 81.1 Å². The molecule has 6 nitrogen and oxygen atoms in total. The Morgan fingerprint density at radius 3 is 2.63 bits per heavy atom. The number of nitrogens with one attached hydrogen (secondary N) is 1. The Kier molecular flexibility index (Phi) is 4.05. The predicted molar refractivity (Wildman–Crippen MR) is 126 cm³/mol. The highest BCUT2D eigenvalue weighted by molar-refractivity contribution is 14.1. The van der Waals surface area contributed by atoms with Crippen LogP contribution in [-0.4, -0.2) is 25.6 Å². The summed E-state index contributed by atoms with van der Waals surface area (Å²) in [6.45, 7) is 0. The third kappa shape index (κ3) is 2.72. The highest BCUT2D eigenvalue weighted by atomic mass is 127. The van der Waals surface area contributed by atoms with Crippen LogP contribution in [-0.2, 0) is 0 Å². The van der Waals surface area contributed by atoms with Gasteiger partial charge in [0.25, 0.3) is 0 Å². The number of anilines is 1. The first-order valence-corrected chi connectivity index (χ1v) is 11.1. The van der Waals surface area contributed by atoms with Gasteiger partial charge in [-0.2, -0.15) is 9.61 Å². The second-order valence-corrected chi connectivity index (χ2v) is 8.94.